The SMILES string of the molecule is CC(C)Oc1ccccc1CN1CCC(N2CCNCC2)C1. The molecule has 0 spiro atoms. The number of nitrogens with one attached hydrogen (secondary N) is 1. The molecule has 3 rings (SSSR count). The van der Waals surface area contributed by atoms with E-state index >= 15 is 0 Å². The Morgan fingerprint density at radius 3 is 2.73 bits per heavy atom. The van der Waals surface area contributed by atoms with E-state index in [0.717, 1.165) is 31.4 Å². The van der Waals surface area contributed by atoms with E-state index in [1.54, 1.807) is 0 Å². The average Bonchev–Trinajstić information content (AvgIpc) is 2.98. The predicted molar refractivity (Wildman–Crippen MR) is 90.3 cm³/mol. The highest BCUT2D eigenvalue weighted by Crippen LogP contribution is 2.24. The zero-order valence-electron chi connectivity index (χ0n) is 13.9. The van der Waals surface area contributed by atoms with Gasteiger partial charge in [0.2, 0.25) is 0 Å². The van der Waals surface area contributed by atoms with Crippen LogP contribution < -0.4 is 10.1 Å². The van der Waals surface area contributed by atoms with Crippen molar-refractivity contribution in [3.63, 3.8) is 0 Å². The summed E-state index contributed by atoms with van der Waals surface area (Å²) in [5, 5.41) is 3.44. The normalized spacial score (nSPS) is 24.0. The summed E-state index contributed by atoms with van der Waals surface area (Å²) in [6.07, 6.45) is 1.53. The maximum atomic E-state index is 5.95. The molecule has 0 amide bonds. The minimum Gasteiger partial charge on any atom is -0.491 e. The number of hydrogen-bond acceptors (Lipinski definition) is 4. The smallest absolute Gasteiger partial charge is 0.124 e. The second kappa shape index (κ2) is 7.44. The van der Waals surface area contributed by atoms with Crippen LogP contribution in [0, 0.1) is 0 Å². The Kier molecular flexibility index (Phi) is 5.34. The minimum absolute atomic E-state index is 0.230. The number of piperazine rings is 1. The molecule has 2 aliphatic heterocycles. The van der Waals surface area contributed by atoms with E-state index in [4.69, 9.17) is 4.74 Å². The van der Waals surface area contributed by atoms with E-state index in [1.807, 2.05) is 0 Å². The van der Waals surface area contributed by atoms with Gasteiger partial charge in [0.1, 0.15) is 5.75 Å². The lowest BCUT2D eigenvalue weighted by molar-refractivity contribution is 0.169. The van der Waals surface area contributed by atoms with Gasteiger partial charge in [-0.1, -0.05) is 18.2 Å². The van der Waals surface area contributed by atoms with Crippen LogP contribution in [0.15, 0.2) is 24.3 Å². The Balaban J connectivity index is 1.58. The van der Waals surface area contributed by atoms with Gasteiger partial charge in [-0.3, -0.25) is 9.80 Å². The minimum atomic E-state index is 0.230. The molecule has 4 heteroatoms. The molecule has 2 aliphatic rings. The quantitative estimate of drug-likeness (QED) is 0.900. The Labute approximate surface area is 134 Å². The van der Waals surface area contributed by atoms with Gasteiger partial charge in [-0.15, -0.1) is 0 Å². The molecule has 1 unspecified atom stereocenters. The Bertz CT molecular complexity index is 471. The standard InChI is InChI=1S/C18H29N3O/c1-15(2)22-18-6-4-3-5-16(18)13-20-10-7-17(14-20)21-11-8-19-9-12-21/h3-6,15,17,19H,7-14H2,1-2H3. The van der Waals surface area contributed by atoms with E-state index in [2.05, 4.69) is 53.2 Å². The first-order chi connectivity index (χ1) is 10.7. The van der Waals surface area contributed by atoms with Crippen molar-refractivity contribution in [3.8, 4) is 5.75 Å². The number of para-hydroxylation sites is 1. The van der Waals surface area contributed by atoms with E-state index in [0.29, 0.717) is 0 Å². The second-order valence-corrected chi connectivity index (χ2v) is 6.74. The molecule has 22 heavy (non-hydrogen) atoms. The number of likely N-dealkylation sites (tertiary alicyclic amines) is 1. The monoisotopic (exact) mass is 303 g/mol. The molecule has 0 bridgehead atoms. The predicted octanol–water partition coefficient (Wildman–Crippen LogP) is 1.95. The van der Waals surface area contributed by atoms with Crippen LogP contribution in [0.2, 0.25) is 0 Å². The highest BCUT2D eigenvalue weighted by atomic mass is 16.5. The molecular formula is C18H29N3O. The second-order valence-electron chi connectivity index (χ2n) is 6.74. The molecule has 122 valence electrons. The average molecular weight is 303 g/mol. The molecule has 2 heterocycles. The van der Waals surface area contributed by atoms with Crippen LogP contribution in [-0.2, 0) is 6.54 Å². The first kappa shape index (κ1) is 15.8. The molecule has 0 aliphatic carbocycles. The van der Waals surface area contributed by atoms with Gasteiger partial charge in [0, 0.05) is 57.4 Å². The van der Waals surface area contributed by atoms with Crippen LogP contribution in [0.1, 0.15) is 25.8 Å². The highest BCUT2D eigenvalue weighted by molar-refractivity contribution is 5.33. The Morgan fingerprint density at radius 1 is 1.18 bits per heavy atom. The van der Waals surface area contributed by atoms with Crippen molar-refractivity contribution in [2.24, 2.45) is 0 Å². The summed E-state index contributed by atoms with van der Waals surface area (Å²) in [7, 11) is 0. The van der Waals surface area contributed by atoms with Gasteiger partial charge in [-0.05, 0) is 26.3 Å². The van der Waals surface area contributed by atoms with Gasteiger partial charge in [0.25, 0.3) is 0 Å². The number of nitrogens with zero attached hydrogens (tertiary/aromatic N) is 2. The van der Waals surface area contributed by atoms with E-state index in [9.17, 15) is 0 Å². The molecule has 2 fully saturated rings. The summed E-state index contributed by atoms with van der Waals surface area (Å²) in [5.41, 5.74) is 1.32. The van der Waals surface area contributed by atoms with Crippen LogP contribution >= 0.6 is 0 Å². The molecule has 1 aromatic rings. The van der Waals surface area contributed by atoms with Crippen molar-refractivity contribution in [3.05, 3.63) is 29.8 Å². The van der Waals surface area contributed by atoms with Gasteiger partial charge in [0.05, 0.1) is 6.10 Å². The van der Waals surface area contributed by atoms with E-state index < -0.39 is 0 Å². The molecular weight excluding hydrogens is 274 g/mol. The topological polar surface area (TPSA) is 27.7 Å². The van der Waals surface area contributed by atoms with Crippen molar-refractivity contribution >= 4 is 0 Å². The fourth-order valence-electron chi connectivity index (χ4n) is 3.55. The van der Waals surface area contributed by atoms with Crippen LogP contribution in [0.5, 0.6) is 5.75 Å². The first-order valence-corrected chi connectivity index (χ1v) is 8.64. The lowest BCUT2D eigenvalue weighted by Gasteiger charge is -2.32. The fraction of sp³-hybridized carbons (Fsp3) is 0.667. The van der Waals surface area contributed by atoms with Crippen molar-refractivity contribution in [2.45, 2.75) is 39.0 Å². The number of benzene rings is 1. The third-order valence-corrected chi connectivity index (χ3v) is 4.64. The van der Waals surface area contributed by atoms with Crippen LogP contribution in [0.3, 0.4) is 0 Å². The summed E-state index contributed by atoms with van der Waals surface area (Å²) >= 11 is 0. The van der Waals surface area contributed by atoms with Gasteiger partial charge in [0.15, 0.2) is 0 Å². The van der Waals surface area contributed by atoms with Crippen LogP contribution in [-0.4, -0.2) is 61.2 Å². The molecule has 0 radical (unpaired) electrons. The summed E-state index contributed by atoms with van der Waals surface area (Å²) in [5.74, 6) is 1.04. The van der Waals surface area contributed by atoms with Gasteiger partial charge in [-0.2, -0.15) is 0 Å². The molecule has 1 atom stereocenters. The Hall–Kier alpha value is -1.10. The molecule has 2 saturated heterocycles. The molecule has 0 aromatic heterocycles. The third-order valence-electron chi connectivity index (χ3n) is 4.64. The summed E-state index contributed by atoms with van der Waals surface area (Å²) in [6, 6.07) is 9.22. The van der Waals surface area contributed by atoms with Crippen molar-refractivity contribution in [1.82, 2.24) is 15.1 Å². The zero-order valence-corrected chi connectivity index (χ0v) is 13.9. The summed E-state index contributed by atoms with van der Waals surface area (Å²) in [6.45, 7) is 12.3. The largest absolute Gasteiger partial charge is 0.491 e. The fourth-order valence-corrected chi connectivity index (χ4v) is 3.55. The maximum absolute atomic E-state index is 5.95. The maximum Gasteiger partial charge on any atom is 0.124 e. The molecule has 0 saturated carbocycles. The van der Waals surface area contributed by atoms with Gasteiger partial charge in [-0.25, -0.2) is 0 Å². The van der Waals surface area contributed by atoms with Crippen LogP contribution in [0.4, 0.5) is 0 Å². The number of rotatable bonds is 5. The first-order valence-electron chi connectivity index (χ1n) is 8.64. The molecule has 1 N–H and O–H groups in total. The van der Waals surface area contributed by atoms with E-state index in [1.165, 1.54) is 38.2 Å². The number of ether oxygens (including phenoxy) is 1. The zero-order chi connectivity index (χ0) is 15.4. The summed E-state index contributed by atoms with van der Waals surface area (Å²) < 4.78 is 5.95. The van der Waals surface area contributed by atoms with E-state index in [-0.39, 0.29) is 6.10 Å². The number of hydrogen-bond donors (Lipinski definition) is 1. The lowest BCUT2D eigenvalue weighted by atomic mass is 10.2. The van der Waals surface area contributed by atoms with Crippen molar-refractivity contribution < 1.29 is 4.74 Å². The van der Waals surface area contributed by atoms with Crippen molar-refractivity contribution in [2.75, 3.05) is 39.3 Å². The van der Waals surface area contributed by atoms with Crippen LogP contribution in [0.25, 0.3) is 0 Å². The Morgan fingerprint density at radius 2 is 1.95 bits per heavy atom. The lowest BCUT2D eigenvalue weighted by Crippen LogP contribution is -2.49. The highest BCUT2D eigenvalue weighted by Gasteiger charge is 2.28. The summed E-state index contributed by atoms with van der Waals surface area (Å²) in [4.78, 5) is 5.24. The molecule has 1 aromatic carbocycles. The van der Waals surface area contributed by atoms with Gasteiger partial charge >= 0.3 is 0 Å². The van der Waals surface area contributed by atoms with Gasteiger partial charge < -0.3 is 10.1 Å². The van der Waals surface area contributed by atoms with Crippen molar-refractivity contribution in [1.29, 1.82) is 0 Å². The third kappa shape index (κ3) is 4.00. The molecule has 4 nitrogen and oxygen atoms in total.